The first-order valence-corrected chi connectivity index (χ1v) is 11.4. The van der Waals surface area contributed by atoms with Gasteiger partial charge >= 0.3 is 0 Å². The second-order valence-corrected chi connectivity index (χ2v) is 8.92. The van der Waals surface area contributed by atoms with Gasteiger partial charge < -0.3 is 15.2 Å². The lowest BCUT2D eigenvalue weighted by atomic mass is 10.1. The molecule has 0 radical (unpaired) electrons. The van der Waals surface area contributed by atoms with Crippen LogP contribution in [0, 0.1) is 0 Å². The van der Waals surface area contributed by atoms with Crippen molar-refractivity contribution < 1.29 is 14.6 Å². The Balaban J connectivity index is 1.70. The molecule has 10 heteroatoms. The summed E-state index contributed by atoms with van der Waals surface area (Å²) in [5.74, 6) is -0.00165. The summed E-state index contributed by atoms with van der Waals surface area (Å²) < 4.78 is 6.87. The summed E-state index contributed by atoms with van der Waals surface area (Å²) in [5, 5.41) is 13.6. The van der Waals surface area contributed by atoms with Crippen LogP contribution in [0.2, 0.25) is 0 Å². The summed E-state index contributed by atoms with van der Waals surface area (Å²) in [6, 6.07) is 14.4. The number of fused-ring (bicyclic) bond motifs is 1. The fourth-order valence-electron chi connectivity index (χ4n) is 3.36. The molecular weight excluding hydrogens is 460 g/mol. The molecule has 1 aliphatic heterocycles. The fraction of sp³-hybridized carbons (Fsp3) is 0.217. The topological polar surface area (TPSA) is 96.2 Å². The summed E-state index contributed by atoms with van der Waals surface area (Å²) in [6.07, 6.45) is 2.33. The van der Waals surface area contributed by atoms with Gasteiger partial charge in [-0.15, -0.1) is 0 Å². The molecule has 1 aliphatic rings. The minimum Gasteiger partial charge on any atom is -0.387 e. The van der Waals surface area contributed by atoms with Gasteiger partial charge in [-0.1, -0.05) is 60.4 Å². The monoisotopic (exact) mass is 482 g/mol. The number of pyridine rings is 1. The van der Waals surface area contributed by atoms with Crippen molar-refractivity contribution in [2.24, 2.45) is 0 Å². The third-order valence-electron chi connectivity index (χ3n) is 5.08. The first-order chi connectivity index (χ1) is 16.0. The van der Waals surface area contributed by atoms with Crippen molar-refractivity contribution in [1.29, 1.82) is 0 Å². The van der Waals surface area contributed by atoms with Crippen LogP contribution < -0.4 is 10.9 Å². The highest BCUT2D eigenvalue weighted by Crippen LogP contribution is 2.33. The largest absolute Gasteiger partial charge is 0.387 e. The third-order valence-corrected chi connectivity index (χ3v) is 6.46. The molecule has 1 aromatic carbocycles. The smallest absolute Gasteiger partial charge is 0.267 e. The molecule has 2 aromatic heterocycles. The van der Waals surface area contributed by atoms with Gasteiger partial charge in [0.2, 0.25) is 0 Å². The van der Waals surface area contributed by atoms with E-state index in [1.165, 1.54) is 15.4 Å². The van der Waals surface area contributed by atoms with Crippen molar-refractivity contribution in [1.82, 2.24) is 14.3 Å². The molecule has 170 valence electrons. The summed E-state index contributed by atoms with van der Waals surface area (Å²) in [6.45, 7) is 0.820. The van der Waals surface area contributed by atoms with Gasteiger partial charge in [-0.2, -0.15) is 0 Å². The number of thioether (sulfide) groups is 1. The van der Waals surface area contributed by atoms with E-state index in [9.17, 15) is 14.7 Å². The van der Waals surface area contributed by atoms with Crippen molar-refractivity contribution in [3.63, 3.8) is 0 Å². The van der Waals surface area contributed by atoms with E-state index in [0.717, 1.165) is 17.3 Å². The van der Waals surface area contributed by atoms with E-state index < -0.39 is 6.10 Å². The van der Waals surface area contributed by atoms with E-state index >= 15 is 0 Å². The van der Waals surface area contributed by atoms with Gasteiger partial charge in [0.15, 0.2) is 0 Å². The fourth-order valence-corrected chi connectivity index (χ4v) is 4.65. The number of nitrogens with zero attached hydrogens (tertiary/aromatic N) is 3. The van der Waals surface area contributed by atoms with Gasteiger partial charge in [-0.3, -0.25) is 18.9 Å². The minimum absolute atomic E-state index is 0.134. The van der Waals surface area contributed by atoms with Crippen molar-refractivity contribution in [3.05, 3.63) is 81.1 Å². The van der Waals surface area contributed by atoms with Crippen LogP contribution in [-0.2, 0) is 9.53 Å². The average Bonchev–Trinajstić information content (AvgIpc) is 3.10. The summed E-state index contributed by atoms with van der Waals surface area (Å²) in [4.78, 5) is 32.5. The van der Waals surface area contributed by atoms with Crippen LogP contribution in [0.1, 0.15) is 17.2 Å². The molecule has 4 rings (SSSR count). The molecule has 0 bridgehead atoms. The van der Waals surface area contributed by atoms with Crippen LogP contribution in [0.25, 0.3) is 11.7 Å². The van der Waals surface area contributed by atoms with Crippen molar-refractivity contribution >= 4 is 51.7 Å². The van der Waals surface area contributed by atoms with Gasteiger partial charge in [0, 0.05) is 19.9 Å². The van der Waals surface area contributed by atoms with Gasteiger partial charge in [0.05, 0.1) is 29.7 Å². The lowest BCUT2D eigenvalue weighted by molar-refractivity contribution is -0.122. The maximum Gasteiger partial charge on any atom is 0.267 e. The van der Waals surface area contributed by atoms with Gasteiger partial charge in [-0.05, 0) is 23.8 Å². The Kier molecular flexibility index (Phi) is 7.19. The zero-order valence-electron chi connectivity index (χ0n) is 17.8. The quantitative estimate of drug-likeness (QED) is 0.374. The predicted octanol–water partition coefficient (Wildman–Crippen LogP) is 2.69. The zero-order chi connectivity index (χ0) is 23.4. The number of rotatable bonds is 8. The number of aliphatic hydroxyl groups excluding tert-OH is 1. The number of aromatic nitrogens is 2. The first kappa shape index (κ1) is 23.1. The Bertz CT molecular complexity index is 1280. The second kappa shape index (κ2) is 10.3. The van der Waals surface area contributed by atoms with Crippen LogP contribution in [0.5, 0.6) is 0 Å². The van der Waals surface area contributed by atoms with Crippen LogP contribution in [-0.4, -0.2) is 56.4 Å². The number of ether oxygens (including phenoxy) is 1. The molecular formula is C23H22N4O4S2. The van der Waals surface area contributed by atoms with Crippen LogP contribution in [0.3, 0.4) is 0 Å². The molecule has 0 saturated carbocycles. The molecule has 8 nitrogen and oxygen atoms in total. The molecule has 1 amide bonds. The van der Waals surface area contributed by atoms with Gasteiger partial charge in [0.25, 0.3) is 11.5 Å². The number of nitrogens with one attached hydrogen (secondary N) is 1. The normalized spacial score (nSPS) is 16.1. The van der Waals surface area contributed by atoms with E-state index in [2.05, 4.69) is 10.3 Å². The molecule has 0 aliphatic carbocycles. The van der Waals surface area contributed by atoms with Crippen molar-refractivity contribution in [3.8, 4) is 0 Å². The standard InChI is InChI=1S/C23H22N4O4S2/c1-31-12-11-27-22(30)18(33-23(27)32)13-16-20(24-14-17(28)15-7-3-2-4-8-15)25-19-9-5-6-10-26(19)21(16)29/h2-10,13,17,24,28H,11-12,14H2,1H3/b18-13-/t17-/m1/s1. The molecule has 3 heterocycles. The number of thiocarbonyl (C=S) groups is 1. The summed E-state index contributed by atoms with van der Waals surface area (Å²) in [5.41, 5.74) is 1.07. The summed E-state index contributed by atoms with van der Waals surface area (Å²) in [7, 11) is 1.55. The zero-order valence-corrected chi connectivity index (χ0v) is 19.4. The molecule has 0 spiro atoms. The molecule has 2 N–H and O–H groups in total. The summed E-state index contributed by atoms with van der Waals surface area (Å²) >= 11 is 6.46. The lowest BCUT2D eigenvalue weighted by Gasteiger charge is -2.15. The van der Waals surface area contributed by atoms with E-state index in [0.29, 0.717) is 28.0 Å². The predicted molar refractivity (Wildman–Crippen MR) is 133 cm³/mol. The number of aliphatic hydroxyl groups is 1. The number of carbonyl (C=O) groups is 1. The lowest BCUT2D eigenvalue weighted by Crippen LogP contribution is -2.31. The number of hydrogen-bond donors (Lipinski definition) is 2. The maximum absolute atomic E-state index is 13.3. The highest BCUT2D eigenvalue weighted by atomic mass is 32.2. The number of hydrogen-bond acceptors (Lipinski definition) is 8. The highest BCUT2D eigenvalue weighted by molar-refractivity contribution is 8.26. The van der Waals surface area contributed by atoms with E-state index in [1.54, 1.807) is 31.5 Å². The molecule has 1 saturated heterocycles. The van der Waals surface area contributed by atoms with E-state index in [-0.39, 0.29) is 29.4 Å². The van der Waals surface area contributed by atoms with E-state index in [4.69, 9.17) is 17.0 Å². The minimum atomic E-state index is -0.803. The van der Waals surface area contributed by atoms with Crippen LogP contribution in [0.15, 0.2) is 64.4 Å². The number of anilines is 1. The Labute approximate surface area is 199 Å². The molecule has 3 aromatic rings. The molecule has 1 fully saturated rings. The molecule has 1 atom stereocenters. The first-order valence-electron chi connectivity index (χ1n) is 10.2. The van der Waals surface area contributed by atoms with Crippen molar-refractivity contribution in [2.45, 2.75) is 6.10 Å². The van der Waals surface area contributed by atoms with Gasteiger partial charge in [-0.25, -0.2) is 4.98 Å². The molecule has 0 unspecified atom stereocenters. The van der Waals surface area contributed by atoms with Crippen molar-refractivity contribution in [2.75, 3.05) is 32.1 Å². The SMILES string of the molecule is COCCN1C(=O)/C(=C/c2c(NC[C@@H](O)c3ccccc3)nc3ccccn3c2=O)SC1=S. The van der Waals surface area contributed by atoms with Crippen LogP contribution in [0.4, 0.5) is 5.82 Å². The van der Waals surface area contributed by atoms with Crippen LogP contribution >= 0.6 is 24.0 Å². The third kappa shape index (κ3) is 4.98. The second-order valence-electron chi connectivity index (χ2n) is 7.24. The maximum atomic E-state index is 13.3. The Morgan fingerprint density at radius 1 is 1.21 bits per heavy atom. The Morgan fingerprint density at radius 3 is 2.73 bits per heavy atom. The Hall–Kier alpha value is -3.05. The highest BCUT2D eigenvalue weighted by Gasteiger charge is 2.32. The average molecular weight is 483 g/mol. The number of methoxy groups -OCH3 is 1. The number of carbonyl (C=O) groups excluding carboxylic acids is 1. The Morgan fingerprint density at radius 2 is 1.97 bits per heavy atom. The number of amides is 1. The van der Waals surface area contributed by atoms with Gasteiger partial charge in [0.1, 0.15) is 15.8 Å². The number of benzene rings is 1. The van der Waals surface area contributed by atoms with E-state index in [1.807, 2.05) is 30.3 Å². The molecule has 33 heavy (non-hydrogen) atoms.